The van der Waals surface area contributed by atoms with Crippen LogP contribution in [0.1, 0.15) is 5.69 Å². The molecule has 2 N–H and O–H groups in total. The number of aromatic nitrogens is 2. The van der Waals surface area contributed by atoms with Crippen molar-refractivity contribution < 1.29 is 4.92 Å². The first-order valence-corrected chi connectivity index (χ1v) is 6.17. The van der Waals surface area contributed by atoms with Gasteiger partial charge in [-0.05, 0) is 18.2 Å². The van der Waals surface area contributed by atoms with Crippen LogP contribution < -0.4 is 10.6 Å². The van der Waals surface area contributed by atoms with Gasteiger partial charge in [-0.3, -0.25) is 15.1 Å². The first-order valence-electron chi connectivity index (χ1n) is 6.17. The van der Waals surface area contributed by atoms with Gasteiger partial charge in [-0.2, -0.15) is 0 Å². The number of nitro groups is 1. The van der Waals surface area contributed by atoms with Gasteiger partial charge in [0.25, 0.3) is 0 Å². The Kier molecular flexibility index (Phi) is 4.43. The van der Waals surface area contributed by atoms with Gasteiger partial charge in [0.2, 0.25) is 5.82 Å². The molecule has 0 spiro atoms. The molecule has 0 amide bonds. The Hall–Kier alpha value is -2.70. The highest BCUT2D eigenvalue weighted by atomic mass is 16.6. The first-order chi connectivity index (χ1) is 9.70. The fraction of sp³-hybridized carbons (Fsp3) is 0.231. The summed E-state index contributed by atoms with van der Waals surface area (Å²) in [6.07, 6.45) is 2.39. The second kappa shape index (κ2) is 6.46. The van der Waals surface area contributed by atoms with Crippen LogP contribution in [-0.4, -0.2) is 28.5 Å². The van der Waals surface area contributed by atoms with E-state index in [9.17, 15) is 10.1 Å². The molecule has 20 heavy (non-hydrogen) atoms. The molecule has 0 aliphatic heterocycles. The quantitative estimate of drug-likeness (QED) is 0.618. The summed E-state index contributed by atoms with van der Waals surface area (Å²) in [4.78, 5) is 18.9. The molecular weight excluding hydrogens is 258 g/mol. The SMILES string of the molecule is CNc1ccc([N+](=O)[O-])c(NCCc2ccccn2)n1. The number of nitrogens with zero attached hydrogens (tertiary/aromatic N) is 3. The molecule has 7 heteroatoms. The van der Waals surface area contributed by atoms with Crippen molar-refractivity contribution in [3.8, 4) is 0 Å². The van der Waals surface area contributed by atoms with Crippen LogP contribution in [0.3, 0.4) is 0 Å². The predicted octanol–water partition coefficient (Wildman–Crippen LogP) is 2.08. The summed E-state index contributed by atoms with van der Waals surface area (Å²) >= 11 is 0. The van der Waals surface area contributed by atoms with E-state index in [-0.39, 0.29) is 11.5 Å². The predicted molar refractivity (Wildman–Crippen MR) is 76.9 cm³/mol. The summed E-state index contributed by atoms with van der Waals surface area (Å²) in [6, 6.07) is 8.67. The molecule has 104 valence electrons. The van der Waals surface area contributed by atoms with Crippen molar-refractivity contribution in [3.05, 3.63) is 52.3 Å². The first kappa shape index (κ1) is 13.7. The second-order valence-electron chi connectivity index (χ2n) is 4.07. The number of nitrogens with one attached hydrogen (secondary N) is 2. The van der Waals surface area contributed by atoms with Gasteiger partial charge < -0.3 is 10.6 Å². The van der Waals surface area contributed by atoms with E-state index in [0.29, 0.717) is 18.8 Å². The second-order valence-corrected chi connectivity index (χ2v) is 4.07. The molecule has 2 aromatic heterocycles. The lowest BCUT2D eigenvalue weighted by atomic mass is 10.2. The van der Waals surface area contributed by atoms with Crippen molar-refractivity contribution in [2.75, 3.05) is 24.2 Å². The Morgan fingerprint density at radius 2 is 2.15 bits per heavy atom. The van der Waals surface area contributed by atoms with E-state index in [1.807, 2.05) is 18.2 Å². The average molecular weight is 273 g/mol. The van der Waals surface area contributed by atoms with E-state index in [1.54, 1.807) is 19.3 Å². The minimum atomic E-state index is -0.449. The van der Waals surface area contributed by atoms with Crippen molar-refractivity contribution in [2.45, 2.75) is 6.42 Å². The summed E-state index contributed by atoms with van der Waals surface area (Å²) < 4.78 is 0. The summed E-state index contributed by atoms with van der Waals surface area (Å²) in [5.74, 6) is 0.841. The molecule has 0 atom stereocenters. The zero-order valence-corrected chi connectivity index (χ0v) is 11.0. The Labute approximate surface area is 116 Å². The van der Waals surface area contributed by atoms with Crippen molar-refractivity contribution in [1.29, 1.82) is 0 Å². The van der Waals surface area contributed by atoms with Gasteiger partial charge in [0.05, 0.1) is 4.92 Å². The molecule has 0 radical (unpaired) electrons. The minimum Gasteiger partial charge on any atom is -0.373 e. The molecule has 0 saturated carbocycles. The maximum absolute atomic E-state index is 10.9. The summed E-state index contributed by atoms with van der Waals surface area (Å²) in [7, 11) is 1.71. The van der Waals surface area contributed by atoms with Gasteiger partial charge in [0.15, 0.2) is 0 Å². The Bertz CT molecular complexity index is 589. The zero-order chi connectivity index (χ0) is 14.4. The summed E-state index contributed by atoms with van der Waals surface area (Å²) in [6.45, 7) is 0.526. The molecule has 2 rings (SSSR count). The summed E-state index contributed by atoms with van der Waals surface area (Å²) in [5, 5.41) is 16.8. The third kappa shape index (κ3) is 3.41. The zero-order valence-electron chi connectivity index (χ0n) is 11.0. The molecule has 2 aromatic rings. The highest BCUT2D eigenvalue weighted by molar-refractivity contribution is 5.60. The van der Waals surface area contributed by atoms with Crippen molar-refractivity contribution >= 4 is 17.3 Å². The fourth-order valence-corrected chi connectivity index (χ4v) is 1.72. The molecule has 0 aromatic carbocycles. The lowest BCUT2D eigenvalue weighted by molar-refractivity contribution is -0.384. The highest BCUT2D eigenvalue weighted by Gasteiger charge is 2.15. The van der Waals surface area contributed by atoms with Crippen LogP contribution in [0.15, 0.2) is 36.5 Å². The fourth-order valence-electron chi connectivity index (χ4n) is 1.72. The van der Waals surface area contributed by atoms with E-state index in [2.05, 4.69) is 20.6 Å². The van der Waals surface area contributed by atoms with Gasteiger partial charge >= 0.3 is 5.69 Å². The van der Waals surface area contributed by atoms with Crippen LogP contribution in [0.2, 0.25) is 0 Å². The Morgan fingerprint density at radius 3 is 2.80 bits per heavy atom. The topological polar surface area (TPSA) is 93.0 Å². The molecule has 0 saturated heterocycles. The van der Waals surface area contributed by atoms with Crippen LogP contribution in [0.5, 0.6) is 0 Å². The van der Waals surface area contributed by atoms with E-state index in [0.717, 1.165) is 5.69 Å². The molecular formula is C13H15N5O2. The minimum absolute atomic E-state index is 0.0370. The van der Waals surface area contributed by atoms with E-state index in [4.69, 9.17) is 0 Å². The van der Waals surface area contributed by atoms with E-state index in [1.165, 1.54) is 6.07 Å². The Balaban J connectivity index is 2.06. The van der Waals surface area contributed by atoms with Gasteiger partial charge in [0.1, 0.15) is 5.82 Å². The van der Waals surface area contributed by atoms with E-state index >= 15 is 0 Å². The normalized spacial score (nSPS) is 10.1. The molecule has 0 fully saturated rings. The van der Waals surface area contributed by atoms with E-state index < -0.39 is 4.92 Å². The molecule has 2 heterocycles. The maximum atomic E-state index is 10.9. The molecule has 0 bridgehead atoms. The molecule has 0 aliphatic rings. The molecule has 0 aliphatic carbocycles. The van der Waals surface area contributed by atoms with Gasteiger partial charge in [-0.1, -0.05) is 6.07 Å². The van der Waals surface area contributed by atoms with Crippen molar-refractivity contribution in [2.24, 2.45) is 0 Å². The van der Waals surface area contributed by atoms with Crippen LogP contribution in [0.25, 0.3) is 0 Å². The smallest absolute Gasteiger partial charge is 0.311 e. The van der Waals surface area contributed by atoms with Gasteiger partial charge in [0, 0.05) is 38.0 Å². The highest BCUT2D eigenvalue weighted by Crippen LogP contribution is 2.23. The van der Waals surface area contributed by atoms with Gasteiger partial charge in [-0.15, -0.1) is 0 Å². The summed E-state index contributed by atoms with van der Waals surface area (Å²) in [5.41, 5.74) is 0.887. The van der Waals surface area contributed by atoms with Crippen molar-refractivity contribution in [1.82, 2.24) is 9.97 Å². The largest absolute Gasteiger partial charge is 0.373 e. The lowest BCUT2D eigenvalue weighted by Gasteiger charge is -2.07. The number of hydrogen-bond acceptors (Lipinski definition) is 6. The third-order valence-electron chi connectivity index (χ3n) is 2.73. The Morgan fingerprint density at radius 1 is 1.30 bits per heavy atom. The molecule has 7 nitrogen and oxygen atoms in total. The standard InChI is InChI=1S/C13H15N5O2/c1-14-12-6-5-11(18(19)20)13(17-12)16-9-7-10-4-2-3-8-15-10/h2-6,8H,7,9H2,1H3,(H2,14,16,17). The number of anilines is 2. The van der Waals surface area contributed by atoms with Crippen LogP contribution in [0, 0.1) is 10.1 Å². The van der Waals surface area contributed by atoms with Gasteiger partial charge in [-0.25, -0.2) is 4.98 Å². The third-order valence-corrected chi connectivity index (χ3v) is 2.73. The van der Waals surface area contributed by atoms with Crippen LogP contribution in [0.4, 0.5) is 17.3 Å². The number of hydrogen-bond donors (Lipinski definition) is 2. The van der Waals surface area contributed by atoms with Crippen LogP contribution >= 0.6 is 0 Å². The number of pyridine rings is 2. The monoisotopic (exact) mass is 273 g/mol. The molecule has 0 unspecified atom stereocenters. The number of rotatable bonds is 6. The average Bonchev–Trinajstić information content (AvgIpc) is 2.48. The van der Waals surface area contributed by atoms with Crippen molar-refractivity contribution in [3.63, 3.8) is 0 Å². The maximum Gasteiger partial charge on any atom is 0.311 e. The van der Waals surface area contributed by atoms with Crippen LogP contribution in [-0.2, 0) is 6.42 Å². The lowest BCUT2D eigenvalue weighted by Crippen LogP contribution is -2.10.